The van der Waals surface area contributed by atoms with Crippen molar-refractivity contribution in [3.8, 4) is 11.5 Å². The van der Waals surface area contributed by atoms with Crippen LogP contribution in [0.4, 0.5) is 0 Å². The summed E-state index contributed by atoms with van der Waals surface area (Å²) in [5.41, 5.74) is 1.11. The van der Waals surface area contributed by atoms with E-state index < -0.39 is 0 Å². The van der Waals surface area contributed by atoms with E-state index >= 15 is 0 Å². The molecule has 5 heteroatoms. The minimum absolute atomic E-state index is 0.0923. The molecule has 1 amide bonds. The third kappa shape index (κ3) is 3.29. The highest BCUT2D eigenvalue weighted by molar-refractivity contribution is 5.81. The predicted octanol–water partition coefficient (Wildman–Crippen LogP) is 1.78. The van der Waals surface area contributed by atoms with Crippen molar-refractivity contribution in [3.05, 3.63) is 23.8 Å². The fourth-order valence-corrected chi connectivity index (χ4v) is 2.83. The third-order valence-electron chi connectivity index (χ3n) is 4.05. The maximum atomic E-state index is 12.0. The molecule has 0 aliphatic carbocycles. The van der Waals surface area contributed by atoms with Gasteiger partial charge in [-0.15, -0.1) is 0 Å². The molecule has 21 heavy (non-hydrogen) atoms. The Balaban J connectivity index is 1.69. The van der Waals surface area contributed by atoms with Crippen LogP contribution in [0.3, 0.4) is 0 Å². The summed E-state index contributed by atoms with van der Waals surface area (Å²) in [5, 5.41) is 6.38. The van der Waals surface area contributed by atoms with Gasteiger partial charge in [0, 0.05) is 12.6 Å². The molecule has 114 valence electrons. The Bertz CT molecular complexity index is 518. The van der Waals surface area contributed by atoms with E-state index in [2.05, 4.69) is 17.6 Å². The first kappa shape index (κ1) is 14.2. The number of benzene rings is 1. The molecule has 2 heterocycles. The lowest BCUT2D eigenvalue weighted by Gasteiger charge is -2.23. The maximum absolute atomic E-state index is 12.0. The van der Waals surface area contributed by atoms with E-state index in [-0.39, 0.29) is 18.0 Å². The van der Waals surface area contributed by atoms with Gasteiger partial charge in [-0.1, -0.05) is 6.07 Å². The number of hydrogen-bond donors (Lipinski definition) is 2. The second-order valence-corrected chi connectivity index (χ2v) is 5.63. The highest BCUT2D eigenvalue weighted by Crippen LogP contribution is 2.32. The number of hydrogen-bond acceptors (Lipinski definition) is 4. The SMILES string of the molecule is CC(NC1CCCCNC1=O)c1ccc2c(c1)OCCO2. The summed E-state index contributed by atoms with van der Waals surface area (Å²) < 4.78 is 11.1. The van der Waals surface area contributed by atoms with E-state index in [1.807, 2.05) is 18.2 Å². The molecule has 2 aliphatic heterocycles. The largest absolute Gasteiger partial charge is 0.486 e. The first-order valence-corrected chi connectivity index (χ1v) is 7.67. The zero-order chi connectivity index (χ0) is 14.7. The smallest absolute Gasteiger partial charge is 0.237 e. The first-order chi connectivity index (χ1) is 10.2. The molecule has 3 rings (SSSR count). The monoisotopic (exact) mass is 290 g/mol. The molecule has 1 saturated heterocycles. The van der Waals surface area contributed by atoms with Crippen molar-refractivity contribution in [2.24, 2.45) is 0 Å². The molecule has 0 radical (unpaired) electrons. The molecule has 0 aromatic heterocycles. The van der Waals surface area contributed by atoms with Crippen LogP contribution in [-0.4, -0.2) is 31.7 Å². The van der Waals surface area contributed by atoms with Crippen molar-refractivity contribution in [1.29, 1.82) is 0 Å². The highest BCUT2D eigenvalue weighted by Gasteiger charge is 2.23. The summed E-state index contributed by atoms with van der Waals surface area (Å²) in [5.74, 6) is 1.69. The van der Waals surface area contributed by atoms with Gasteiger partial charge in [-0.25, -0.2) is 0 Å². The minimum Gasteiger partial charge on any atom is -0.486 e. The lowest BCUT2D eigenvalue weighted by Crippen LogP contribution is -2.43. The summed E-state index contributed by atoms with van der Waals surface area (Å²) >= 11 is 0. The molecular weight excluding hydrogens is 268 g/mol. The molecule has 0 bridgehead atoms. The number of rotatable bonds is 3. The van der Waals surface area contributed by atoms with Gasteiger partial charge in [0.05, 0.1) is 6.04 Å². The number of carbonyl (C=O) groups excluding carboxylic acids is 1. The average Bonchev–Trinajstić information content (AvgIpc) is 2.72. The van der Waals surface area contributed by atoms with E-state index in [0.717, 1.165) is 42.9 Å². The molecule has 1 aromatic carbocycles. The normalized spacial score (nSPS) is 23.1. The third-order valence-corrected chi connectivity index (χ3v) is 4.05. The lowest BCUT2D eigenvalue weighted by atomic mass is 10.0. The van der Waals surface area contributed by atoms with Crippen LogP contribution in [0.1, 0.15) is 37.8 Å². The van der Waals surface area contributed by atoms with Crippen molar-refractivity contribution in [1.82, 2.24) is 10.6 Å². The van der Waals surface area contributed by atoms with Crippen LogP contribution in [0, 0.1) is 0 Å². The van der Waals surface area contributed by atoms with Crippen molar-refractivity contribution >= 4 is 5.91 Å². The van der Waals surface area contributed by atoms with Crippen molar-refractivity contribution in [2.75, 3.05) is 19.8 Å². The quantitative estimate of drug-likeness (QED) is 0.891. The van der Waals surface area contributed by atoms with Crippen molar-refractivity contribution in [2.45, 2.75) is 38.3 Å². The van der Waals surface area contributed by atoms with Gasteiger partial charge in [-0.2, -0.15) is 0 Å². The van der Waals surface area contributed by atoms with E-state index in [9.17, 15) is 4.79 Å². The van der Waals surface area contributed by atoms with Crippen LogP contribution >= 0.6 is 0 Å². The minimum atomic E-state index is -0.115. The number of ether oxygens (including phenoxy) is 2. The first-order valence-electron chi connectivity index (χ1n) is 7.67. The molecule has 1 aromatic rings. The van der Waals surface area contributed by atoms with Crippen molar-refractivity contribution < 1.29 is 14.3 Å². The average molecular weight is 290 g/mol. The molecule has 2 N–H and O–H groups in total. The topological polar surface area (TPSA) is 59.6 Å². The van der Waals surface area contributed by atoms with Gasteiger partial charge in [-0.3, -0.25) is 10.1 Å². The molecular formula is C16H22N2O3. The summed E-state index contributed by atoms with van der Waals surface area (Å²) in [4.78, 5) is 12.0. The van der Waals surface area contributed by atoms with Gasteiger partial charge in [0.2, 0.25) is 5.91 Å². The standard InChI is InChI=1S/C16H22N2O3/c1-11(18-13-4-2-3-7-17-16(13)19)12-5-6-14-15(10-12)21-9-8-20-14/h5-6,10-11,13,18H,2-4,7-9H2,1H3,(H,17,19). The Hall–Kier alpha value is -1.75. The number of amides is 1. The highest BCUT2D eigenvalue weighted by atomic mass is 16.6. The fourth-order valence-electron chi connectivity index (χ4n) is 2.83. The van der Waals surface area contributed by atoms with Crippen LogP contribution in [0.2, 0.25) is 0 Å². The number of fused-ring (bicyclic) bond motifs is 1. The molecule has 2 unspecified atom stereocenters. The molecule has 0 spiro atoms. The second kappa shape index (κ2) is 6.35. The second-order valence-electron chi connectivity index (χ2n) is 5.63. The summed E-state index contributed by atoms with van der Waals surface area (Å²) in [6, 6.07) is 5.95. The van der Waals surface area contributed by atoms with Crippen molar-refractivity contribution in [3.63, 3.8) is 0 Å². The van der Waals surface area contributed by atoms with E-state index in [1.165, 1.54) is 0 Å². The molecule has 0 saturated carbocycles. The van der Waals surface area contributed by atoms with Gasteiger partial charge in [0.15, 0.2) is 11.5 Å². The van der Waals surface area contributed by atoms with Crippen LogP contribution in [0.25, 0.3) is 0 Å². The Morgan fingerprint density at radius 2 is 2.05 bits per heavy atom. The van der Waals surface area contributed by atoms with E-state index in [4.69, 9.17) is 9.47 Å². The summed E-state index contributed by atoms with van der Waals surface area (Å²) in [6.45, 7) is 4.05. The Morgan fingerprint density at radius 3 is 2.90 bits per heavy atom. The van der Waals surface area contributed by atoms with Gasteiger partial charge in [0.1, 0.15) is 13.2 Å². The number of carbonyl (C=O) groups is 1. The Labute approximate surface area is 125 Å². The van der Waals surface area contributed by atoms with Gasteiger partial charge < -0.3 is 14.8 Å². The van der Waals surface area contributed by atoms with Crippen LogP contribution < -0.4 is 20.1 Å². The van der Waals surface area contributed by atoms with E-state index in [1.54, 1.807) is 0 Å². The van der Waals surface area contributed by atoms with E-state index in [0.29, 0.717) is 13.2 Å². The van der Waals surface area contributed by atoms with Crippen LogP contribution in [-0.2, 0) is 4.79 Å². The zero-order valence-electron chi connectivity index (χ0n) is 12.4. The zero-order valence-corrected chi connectivity index (χ0v) is 12.4. The molecule has 5 nitrogen and oxygen atoms in total. The molecule has 2 aliphatic rings. The van der Waals surface area contributed by atoms with Crippen LogP contribution in [0.5, 0.6) is 11.5 Å². The number of nitrogens with one attached hydrogen (secondary N) is 2. The van der Waals surface area contributed by atoms with Gasteiger partial charge >= 0.3 is 0 Å². The fraction of sp³-hybridized carbons (Fsp3) is 0.562. The lowest BCUT2D eigenvalue weighted by molar-refractivity contribution is -0.123. The molecule has 1 fully saturated rings. The van der Waals surface area contributed by atoms with Crippen LogP contribution in [0.15, 0.2) is 18.2 Å². The summed E-state index contributed by atoms with van der Waals surface area (Å²) in [7, 11) is 0. The van der Waals surface area contributed by atoms with Gasteiger partial charge in [0.25, 0.3) is 0 Å². The molecule has 2 atom stereocenters. The maximum Gasteiger partial charge on any atom is 0.237 e. The Morgan fingerprint density at radius 1 is 1.24 bits per heavy atom. The van der Waals surface area contributed by atoms with Gasteiger partial charge in [-0.05, 0) is 43.9 Å². The Kier molecular flexibility index (Phi) is 4.29. The predicted molar refractivity (Wildman–Crippen MR) is 79.6 cm³/mol. The summed E-state index contributed by atoms with van der Waals surface area (Å²) in [6.07, 6.45) is 3.02.